The molecule has 9 nitrogen and oxygen atoms in total. The molecule has 1 heterocycles. The molecule has 0 radical (unpaired) electrons. The van der Waals surface area contributed by atoms with Crippen molar-refractivity contribution in [3.63, 3.8) is 0 Å². The second-order valence-corrected chi connectivity index (χ2v) is 12.3. The molecule has 3 rings (SSSR count). The Bertz CT molecular complexity index is 1250. The van der Waals surface area contributed by atoms with Crippen molar-refractivity contribution in [2.45, 2.75) is 36.5 Å². The van der Waals surface area contributed by atoms with E-state index in [2.05, 4.69) is 10.0 Å². The van der Waals surface area contributed by atoms with Crippen molar-refractivity contribution >= 4 is 37.6 Å². The van der Waals surface area contributed by atoms with E-state index in [1.54, 1.807) is 25.1 Å². The Labute approximate surface area is 211 Å². The van der Waals surface area contributed by atoms with Gasteiger partial charge >= 0.3 is 0 Å². The topological polar surface area (TPSA) is 122 Å². The summed E-state index contributed by atoms with van der Waals surface area (Å²) in [6.07, 6.45) is 1.04. The zero-order valence-corrected chi connectivity index (χ0v) is 22.0. The fraction of sp³-hybridized carbons (Fsp3) is 0.435. The van der Waals surface area contributed by atoms with E-state index in [1.165, 1.54) is 28.6 Å². The summed E-state index contributed by atoms with van der Waals surface area (Å²) in [7, 11) is -7.61. The third-order valence-electron chi connectivity index (χ3n) is 5.63. The van der Waals surface area contributed by atoms with Crippen molar-refractivity contribution in [3.05, 3.63) is 53.1 Å². The molecule has 1 aliphatic heterocycles. The number of rotatable bonds is 10. The van der Waals surface area contributed by atoms with Gasteiger partial charge in [0.05, 0.1) is 17.4 Å². The molecule has 1 atom stereocenters. The van der Waals surface area contributed by atoms with Crippen molar-refractivity contribution in [3.8, 4) is 5.75 Å². The van der Waals surface area contributed by atoms with Gasteiger partial charge < -0.3 is 10.1 Å². The number of ether oxygens (including phenoxy) is 1. The normalized spacial score (nSPS) is 17.2. The molecule has 0 bridgehead atoms. The highest BCUT2D eigenvalue weighted by Crippen LogP contribution is 2.32. The number of halogens is 1. The minimum absolute atomic E-state index is 0.0108. The maximum Gasteiger partial charge on any atom is 0.246 e. The smallest absolute Gasteiger partial charge is 0.246 e. The molecule has 2 aromatic carbocycles. The minimum atomic E-state index is -3.93. The lowest BCUT2D eigenvalue weighted by Crippen LogP contribution is -2.46. The third-order valence-corrected chi connectivity index (χ3v) is 9.22. The summed E-state index contributed by atoms with van der Waals surface area (Å²) in [4.78, 5) is 12.8. The molecule has 1 amide bonds. The van der Waals surface area contributed by atoms with Crippen LogP contribution in [0.25, 0.3) is 0 Å². The summed E-state index contributed by atoms with van der Waals surface area (Å²) < 4.78 is 60.5. The first kappa shape index (κ1) is 27.4. The van der Waals surface area contributed by atoms with E-state index in [0.29, 0.717) is 19.4 Å². The zero-order valence-electron chi connectivity index (χ0n) is 19.7. The molecule has 12 heteroatoms. The van der Waals surface area contributed by atoms with Gasteiger partial charge in [-0.15, -0.1) is 0 Å². The highest BCUT2D eigenvalue weighted by Gasteiger charge is 2.35. The number of nitrogens with zero attached hydrogens (tertiary/aromatic N) is 1. The van der Waals surface area contributed by atoms with Gasteiger partial charge in [0.25, 0.3) is 0 Å². The van der Waals surface area contributed by atoms with Crippen molar-refractivity contribution in [2.24, 2.45) is 5.92 Å². The number of piperidine rings is 1. The summed E-state index contributed by atoms with van der Waals surface area (Å²) in [6, 6.07) is 10.9. The maximum absolute atomic E-state index is 13.3. The summed E-state index contributed by atoms with van der Waals surface area (Å²) in [5.41, 5.74) is 0.948. The van der Waals surface area contributed by atoms with Gasteiger partial charge in [-0.1, -0.05) is 29.3 Å². The van der Waals surface area contributed by atoms with Crippen LogP contribution < -0.4 is 14.8 Å². The Morgan fingerprint density at radius 2 is 1.83 bits per heavy atom. The van der Waals surface area contributed by atoms with Crippen molar-refractivity contribution in [1.82, 2.24) is 14.3 Å². The molecule has 2 N–H and O–H groups in total. The number of carbonyl (C=O) groups excluding carboxylic acids is 1. The second kappa shape index (κ2) is 11.7. The van der Waals surface area contributed by atoms with Gasteiger partial charge in [-0.25, -0.2) is 21.6 Å². The Morgan fingerprint density at radius 1 is 1.11 bits per heavy atom. The molecule has 0 saturated carbocycles. The van der Waals surface area contributed by atoms with Crippen LogP contribution in [-0.4, -0.2) is 59.8 Å². The standard InChI is InChI=1S/C23H30ClN3O6S2/c1-3-33-21-11-8-19(24)15-22(21)35(31,32)27-14-4-5-18(16-27)23(28)25-12-13-26-34(29,30)20-9-6-17(2)7-10-20/h6-11,15,18,26H,3-5,12-14,16H2,1-2H3,(H,25,28)/t18-/m1/s1. The predicted octanol–water partition coefficient (Wildman–Crippen LogP) is 2.54. The maximum atomic E-state index is 13.3. The monoisotopic (exact) mass is 543 g/mol. The van der Waals surface area contributed by atoms with Crippen LogP contribution in [0.1, 0.15) is 25.3 Å². The van der Waals surface area contributed by atoms with E-state index in [9.17, 15) is 21.6 Å². The van der Waals surface area contributed by atoms with Gasteiger partial charge in [0, 0.05) is 31.2 Å². The van der Waals surface area contributed by atoms with E-state index in [1.807, 2.05) is 6.92 Å². The zero-order chi connectivity index (χ0) is 25.6. The molecule has 1 aliphatic rings. The molecule has 0 unspecified atom stereocenters. The van der Waals surface area contributed by atoms with E-state index < -0.39 is 26.0 Å². The number of hydrogen-bond donors (Lipinski definition) is 2. The molecular formula is C23H30ClN3O6S2. The Kier molecular flexibility index (Phi) is 9.16. The van der Waals surface area contributed by atoms with E-state index >= 15 is 0 Å². The molecule has 0 spiro atoms. The molecule has 0 aromatic heterocycles. The Morgan fingerprint density at radius 3 is 2.51 bits per heavy atom. The number of carbonyl (C=O) groups is 1. The fourth-order valence-electron chi connectivity index (χ4n) is 3.79. The highest BCUT2D eigenvalue weighted by atomic mass is 35.5. The number of hydrogen-bond acceptors (Lipinski definition) is 6. The van der Waals surface area contributed by atoms with Crippen LogP contribution in [0, 0.1) is 12.8 Å². The second-order valence-electron chi connectivity index (χ2n) is 8.23. The average Bonchev–Trinajstić information content (AvgIpc) is 2.83. The summed E-state index contributed by atoms with van der Waals surface area (Å²) in [6.45, 7) is 4.30. The van der Waals surface area contributed by atoms with Gasteiger partial charge in [-0.05, 0) is 57.0 Å². The molecule has 2 aromatic rings. The van der Waals surface area contributed by atoms with Crippen LogP contribution in [0.4, 0.5) is 0 Å². The van der Waals surface area contributed by atoms with Gasteiger partial charge in [-0.3, -0.25) is 4.79 Å². The molecule has 35 heavy (non-hydrogen) atoms. The van der Waals surface area contributed by atoms with Gasteiger partial charge in [0.2, 0.25) is 26.0 Å². The lowest BCUT2D eigenvalue weighted by Gasteiger charge is -2.31. The van der Waals surface area contributed by atoms with Gasteiger partial charge in [0.15, 0.2) is 0 Å². The first-order valence-electron chi connectivity index (χ1n) is 11.3. The summed E-state index contributed by atoms with van der Waals surface area (Å²) in [5.74, 6) is -0.665. The van der Waals surface area contributed by atoms with E-state index in [-0.39, 0.29) is 52.6 Å². The number of aryl methyl sites for hydroxylation is 1. The fourth-order valence-corrected chi connectivity index (χ4v) is 6.74. The first-order valence-corrected chi connectivity index (χ1v) is 14.6. The predicted molar refractivity (Wildman–Crippen MR) is 133 cm³/mol. The minimum Gasteiger partial charge on any atom is -0.492 e. The summed E-state index contributed by atoms with van der Waals surface area (Å²) >= 11 is 6.04. The number of benzene rings is 2. The van der Waals surface area contributed by atoms with Crippen LogP contribution in [0.5, 0.6) is 5.75 Å². The average molecular weight is 544 g/mol. The van der Waals surface area contributed by atoms with Gasteiger partial charge in [0.1, 0.15) is 10.6 Å². The number of sulfonamides is 2. The van der Waals surface area contributed by atoms with E-state index in [0.717, 1.165) is 5.56 Å². The van der Waals surface area contributed by atoms with Crippen molar-refractivity contribution in [1.29, 1.82) is 0 Å². The van der Waals surface area contributed by atoms with Crippen molar-refractivity contribution < 1.29 is 26.4 Å². The lowest BCUT2D eigenvalue weighted by molar-refractivity contribution is -0.126. The Balaban J connectivity index is 1.58. The summed E-state index contributed by atoms with van der Waals surface area (Å²) in [5, 5.41) is 2.97. The van der Waals surface area contributed by atoms with Crippen LogP contribution in [-0.2, 0) is 24.8 Å². The van der Waals surface area contributed by atoms with Crippen LogP contribution in [0.15, 0.2) is 52.3 Å². The van der Waals surface area contributed by atoms with Crippen LogP contribution >= 0.6 is 11.6 Å². The molecule has 0 aliphatic carbocycles. The largest absolute Gasteiger partial charge is 0.492 e. The van der Waals surface area contributed by atoms with E-state index in [4.69, 9.17) is 16.3 Å². The Hall–Kier alpha value is -2.18. The third kappa shape index (κ3) is 6.95. The molecular weight excluding hydrogens is 514 g/mol. The molecule has 1 fully saturated rings. The highest BCUT2D eigenvalue weighted by molar-refractivity contribution is 7.89. The van der Waals surface area contributed by atoms with Crippen molar-refractivity contribution in [2.75, 3.05) is 32.8 Å². The lowest BCUT2D eigenvalue weighted by atomic mass is 9.99. The quantitative estimate of drug-likeness (QED) is 0.444. The first-order chi connectivity index (χ1) is 16.5. The van der Waals surface area contributed by atoms with Crippen LogP contribution in [0.2, 0.25) is 5.02 Å². The number of nitrogens with one attached hydrogen (secondary N) is 2. The molecule has 1 saturated heterocycles. The SMILES string of the molecule is CCOc1ccc(Cl)cc1S(=O)(=O)N1CCC[C@@H](C(=O)NCCNS(=O)(=O)c2ccc(C)cc2)C1. The molecule has 192 valence electrons. The van der Waals surface area contributed by atoms with Crippen LogP contribution in [0.3, 0.4) is 0 Å². The van der Waals surface area contributed by atoms with Gasteiger partial charge in [-0.2, -0.15) is 4.31 Å². The number of amides is 1.